The van der Waals surface area contributed by atoms with Crippen molar-refractivity contribution >= 4 is 0 Å². The minimum Gasteiger partial charge on any atom is -0.474 e. The van der Waals surface area contributed by atoms with Gasteiger partial charge in [0.15, 0.2) is 0 Å². The number of hydrogen-bond donors (Lipinski definition) is 0. The molecule has 1 saturated heterocycles. The number of ether oxygens (including phenoxy) is 1. The third kappa shape index (κ3) is 4.50. The summed E-state index contributed by atoms with van der Waals surface area (Å²) < 4.78 is 9.60. The molecule has 32 heavy (non-hydrogen) atoms. The Labute approximate surface area is 191 Å². The standard InChI is InChI=1S/C25H37N5O2/c1-27(2)22-13-14-28(18-22)19-7-9-20(10-8-19)29-15-16-30(25(29)31)21-11-12-24(26-17-21)32-23-5-3-4-6-23/h11-12,15-17,19-20,22-23H,3-10,13-14,18H2,1-2H3. The molecule has 7 heteroatoms. The van der Waals surface area contributed by atoms with Crippen molar-refractivity contribution in [3.8, 4) is 11.6 Å². The van der Waals surface area contributed by atoms with Crippen molar-refractivity contribution < 1.29 is 4.74 Å². The monoisotopic (exact) mass is 439 g/mol. The number of imidazole rings is 1. The van der Waals surface area contributed by atoms with Gasteiger partial charge in [0.05, 0.1) is 11.9 Å². The molecule has 1 unspecified atom stereocenters. The smallest absolute Gasteiger partial charge is 0.333 e. The van der Waals surface area contributed by atoms with Crippen LogP contribution in [0.3, 0.4) is 0 Å². The Bertz CT molecular complexity index is 936. The van der Waals surface area contributed by atoms with E-state index in [-0.39, 0.29) is 5.69 Å². The lowest BCUT2D eigenvalue weighted by molar-refractivity contribution is 0.154. The molecule has 2 aromatic heterocycles. The predicted octanol–water partition coefficient (Wildman–Crippen LogP) is 3.48. The van der Waals surface area contributed by atoms with Crippen LogP contribution in [0.25, 0.3) is 5.69 Å². The largest absolute Gasteiger partial charge is 0.474 e. The second-order valence-corrected chi connectivity index (χ2v) is 10.1. The number of rotatable bonds is 6. The van der Waals surface area contributed by atoms with E-state index in [1.54, 1.807) is 10.8 Å². The average Bonchev–Trinajstić information content (AvgIpc) is 3.56. The molecule has 3 heterocycles. The number of likely N-dealkylation sites (tertiary alicyclic amines) is 1. The van der Waals surface area contributed by atoms with Crippen molar-refractivity contribution in [1.82, 2.24) is 23.9 Å². The van der Waals surface area contributed by atoms with Gasteiger partial charge in [-0.25, -0.2) is 9.78 Å². The number of aromatic nitrogens is 3. The molecule has 0 aromatic carbocycles. The van der Waals surface area contributed by atoms with E-state index in [9.17, 15) is 4.79 Å². The van der Waals surface area contributed by atoms with Gasteiger partial charge >= 0.3 is 5.69 Å². The van der Waals surface area contributed by atoms with E-state index in [0.717, 1.165) is 31.4 Å². The summed E-state index contributed by atoms with van der Waals surface area (Å²) in [6.45, 7) is 2.40. The lowest BCUT2D eigenvalue weighted by Gasteiger charge is -2.35. The maximum absolute atomic E-state index is 13.1. The van der Waals surface area contributed by atoms with Crippen LogP contribution < -0.4 is 10.4 Å². The highest BCUT2D eigenvalue weighted by molar-refractivity contribution is 5.31. The number of nitrogens with zero attached hydrogens (tertiary/aromatic N) is 5. The van der Waals surface area contributed by atoms with Crippen LogP contribution >= 0.6 is 0 Å². The van der Waals surface area contributed by atoms with Gasteiger partial charge in [-0.05, 0) is 77.9 Å². The molecular formula is C25H37N5O2. The van der Waals surface area contributed by atoms with Gasteiger partial charge in [-0.1, -0.05) is 0 Å². The lowest BCUT2D eigenvalue weighted by Crippen LogP contribution is -2.40. The van der Waals surface area contributed by atoms with E-state index in [1.165, 1.54) is 45.2 Å². The van der Waals surface area contributed by atoms with Gasteiger partial charge in [0, 0.05) is 49.7 Å². The van der Waals surface area contributed by atoms with E-state index in [1.807, 2.05) is 29.1 Å². The molecule has 3 fully saturated rings. The molecular weight excluding hydrogens is 402 g/mol. The molecule has 1 atom stereocenters. The molecule has 5 rings (SSSR count). The highest BCUT2D eigenvalue weighted by Crippen LogP contribution is 2.32. The van der Waals surface area contributed by atoms with Gasteiger partial charge in [-0.3, -0.25) is 14.0 Å². The SMILES string of the molecule is CN(C)C1CCN(C2CCC(n3ccn(-c4ccc(OC5CCCC5)nc4)c3=O)CC2)C1. The van der Waals surface area contributed by atoms with Crippen molar-refractivity contribution in [1.29, 1.82) is 0 Å². The van der Waals surface area contributed by atoms with Crippen LogP contribution in [0.5, 0.6) is 5.88 Å². The van der Waals surface area contributed by atoms with E-state index >= 15 is 0 Å². The summed E-state index contributed by atoms with van der Waals surface area (Å²) in [6.07, 6.45) is 16.4. The summed E-state index contributed by atoms with van der Waals surface area (Å²) >= 11 is 0. The Morgan fingerprint density at radius 1 is 0.969 bits per heavy atom. The quantitative estimate of drug-likeness (QED) is 0.690. The molecule has 0 bridgehead atoms. The first-order valence-electron chi connectivity index (χ1n) is 12.4. The molecule has 7 nitrogen and oxygen atoms in total. The molecule has 0 radical (unpaired) electrons. The number of pyridine rings is 1. The first-order valence-corrected chi connectivity index (χ1v) is 12.4. The molecule has 0 spiro atoms. The van der Waals surface area contributed by atoms with Crippen LogP contribution in [0.15, 0.2) is 35.5 Å². The van der Waals surface area contributed by atoms with Gasteiger partial charge in [0.25, 0.3) is 0 Å². The van der Waals surface area contributed by atoms with Gasteiger partial charge in [-0.15, -0.1) is 0 Å². The lowest BCUT2D eigenvalue weighted by atomic mass is 9.90. The third-order valence-electron chi connectivity index (χ3n) is 7.89. The number of likely N-dealkylation sites (N-methyl/N-ethyl adjacent to an activating group) is 1. The Balaban J connectivity index is 1.20. The maximum Gasteiger partial charge on any atom is 0.333 e. The van der Waals surface area contributed by atoms with Crippen LogP contribution in [0, 0.1) is 0 Å². The minimum atomic E-state index is 0.0357. The first-order chi connectivity index (χ1) is 15.6. The summed E-state index contributed by atoms with van der Waals surface area (Å²) in [5.41, 5.74) is 0.835. The topological polar surface area (TPSA) is 55.5 Å². The predicted molar refractivity (Wildman–Crippen MR) is 126 cm³/mol. The molecule has 1 aliphatic heterocycles. The first kappa shape index (κ1) is 21.7. The number of hydrogen-bond acceptors (Lipinski definition) is 5. The Kier molecular flexibility index (Phi) is 6.37. The van der Waals surface area contributed by atoms with Crippen molar-refractivity contribution in [2.45, 2.75) is 82.0 Å². The fourth-order valence-electron chi connectivity index (χ4n) is 5.85. The molecule has 3 aliphatic rings. The molecule has 0 amide bonds. The zero-order valence-electron chi connectivity index (χ0n) is 19.5. The normalized spacial score (nSPS) is 27.4. The fourth-order valence-corrected chi connectivity index (χ4v) is 5.85. The molecule has 174 valence electrons. The maximum atomic E-state index is 13.1. The zero-order valence-corrected chi connectivity index (χ0v) is 19.5. The van der Waals surface area contributed by atoms with E-state index in [0.29, 0.717) is 30.1 Å². The fraction of sp³-hybridized carbons (Fsp3) is 0.680. The van der Waals surface area contributed by atoms with Crippen molar-refractivity contribution in [2.24, 2.45) is 0 Å². The van der Waals surface area contributed by atoms with Gasteiger partial charge in [0.2, 0.25) is 5.88 Å². The summed E-state index contributed by atoms with van der Waals surface area (Å²) in [5.74, 6) is 0.657. The van der Waals surface area contributed by atoms with Gasteiger partial charge in [0.1, 0.15) is 6.10 Å². The second kappa shape index (κ2) is 9.40. The highest BCUT2D eigenvalue weighted by Gasteiger charge is 2.32. The Morgan fingerprint density at radius 3 is 2.38 bits per heavy atom. The van der Waals surface area contributed by atoms with E-state index in [2.05, 4.69) is 28.9 Å². The Hall–Kier alpha value is -2.12. The second-order valence-electron chi connectivity index (χ2n) is 10.1. The van der Waals surface area contributed by atoms with E-state index in [4.69, 9.17) is 4.74 Å². The summed E-state index contributed by atoms with van der Waals surface area (Å²) in [6, 6.07) is 5.48. The van der Waals surface area contributed by atoms with Crippen molar-refractivity contribution in [3.63, 3.8) is 0 Å². The zero-order chi connectivity index (χ0) is 22.1. The Morgan fingerprint density at radius 2 is 1.72 bits per heavy atom. The van der Waals surface area contributed by atoms with Crippen LogP contribution in [0.2, 0.25) is 0 Å². The van der Waals surface area contributed by atoms with Gasteiger partial charge in [-0.2, -0.15) is 0 Å². The summed E-state index contributed by atoms with van der Waals surface area (Å²) in [4.78, 5) is 22.6. The minimum absolute atomic E-state index is 0.0357. The molecule has 2 aliphatic carbocycles. The van der Waals surface area contributed by atoms with Crippen molar-refractivity contribution in [2.75, 3.05) is 27.2 Å². The van der Waals surface area contributed by atoms with Crippen LogP contribution in [-0.4, -0.2) is 69.3 Å². The highest BCUT2D eigenvalue weighted by atomic mass is 16.5. The van der Waals surface area contributed by atoms with Gasteiger partial charge < -0.3 is 9.64 Å². The molecule has 2 aromatic rings. The van der Waals surface area contributed by atoms with Crippen LogP contribution in [0.4, 0.5) is 0 Å². The third-order valence-corrected chi connectivity index (χ3v) is 7.89. The van der Waals surface area contributed by atoms with E-state index < -0.39 is 0 Å². The summed E-state index contributed by atoms with van der Waals surface area (Å²) in [7, 11) is 4.38. The van der Waals surface area contributed by atoms with Crippen LogP contribution in [0.1, 0.15) is 63.8 Å². The summed E-state index contributed by atoms with van der Waals surface area (Å²) in [5, 5.41) is 0. The average molecular weight is 440 g/mol. The molecule has 0 N–H and O–H groups in total. The molecule has 2 saturated carbocycles. The van der Waals surface area contributed by atoms with Crippen molar-refractivity contribution in [3.05, 3.63) is 41.2 Å². The van der Waals surface area contributed by atoms with Crippen LogP contribution in [-0.2, 0) is 0 Å².